The summed E-state index contributed by atoms with van der Waals surface area (Å²) in [4.78, 5) is 11.8. The minimum atomic E-state index is -4.46. The Labute approximate surface area is 136 Å². The zero-order valence-electron chi connectivity index (χ0n) is 11.9. The molecular formula is C14H16ClF5N2O. The smallest absolute Gasteiger partial charge is 0.355 e. The Kier molecular flexibility index (Phi) is 6.76. The van der Waals surface area contributed by atoms with Gasteiger partial charge in [-0.2, -0.15) is 13.2 Å². The van der Waals surface area contributed by atoms with Crippen LogP contribution in [-0.4, -0.2) is 31.7 Å². The first-order chi connectivity index (χ1) is 10.3. The van der Waals surface area contributed by atoms with Gasteiger partial charge in [0, 0.05) is 25.2 Å². The molecule has 1 aliphatic rings. The Bertz CT molecular complexity index is 532. The van der Waals surface area contributed by atoms with Crippen LogP contribution in [0.3, 0.4) is 0 Å². The first kappa shape index (κ1) is 19.6. The number of carbonyl (C=O) groups excluding carboxylic acids is 1. The molecule has 2 atom stereocenters. The topological polar surface area (TPSA) is 41.1 Å². The normalized spacial score (nSPS) is 20.9. The third-order valence-electron chi connectivity index (χ3n) is 3.71. The molecule has 1 heterocycles. The van der Waals surface area contributed by atoms with Crippen LogP contribution in [0.4, 0.5) is 22.0 Å². The van der Waals surface area contributed by atoms with Gasteiger partial charge in [0.25, 0.3) is 0 Å². The number of halogens is 6. The molecule has 1 fully saturated rings. The van der Waals surface area contributed by atoms with Crippen molar-refractivity contribution in [3.05, 3.63) is 35.4 Å². The van der Waals surface area contributed by atoms with Crippen LogP contribution in [0.1, 0.15) is 5.56 Å². The van der Waals surface area contributed by atoms with E-state index in [0.717, 1.165) is 12.1 Å². The Morgan fingerprint density at radius 1 is 1.22 bits per heavy atom. The van der Waals surface area contributed by atoms with E-state index in [-0.39, 0.29) is 44.0 Å². The van der Waals surface area contributed by atoms with Crippen LogP contribution in [0, 0.1) is 23.5 Å². The summed E-state index contributed by atoms with van der Waals surface area (Å²) in [5, 5.41) is 4.85. The number of carbonyl (C=O) groups is 1. The highest BCUT2D eigenvalue weighted by Gasteiger charge is 2.49. The van der Waals surface area contributed by atoms with Crippen LogP contribution in [0.2, 0.25) is 0 Å². The zero-order valence-corrected chi connectivity index (χ0v) is 12.7. The van der Waals surface area contributed by atoms with E-state index in [4.69, 9.17) is 0 Å². The molecule has 0 saturated carbocycles. The first-order valence-electron chi connectivity index (χ1n) is 6.78. The van der Waals surface area contributed by atoms with Gasteiger partial charge in [-0.15, -0.1) is 12.4 Å². The van der Waals surface area contributed by atoms with Crippen LogP contribution >= 0.6 is 12.4 Å². The lowest BCUT2D eigenvalue weighted by Crippen LogP contribution is -2.40. The molecule has 2 N–H and O–H groups in total. The van der Waals surface area contributed by atoms with Crippen molar-refractivity contribution in [2.24, 2.45) is 11.8 Å². The first-order valence-corrected chi connectivity index (χ1v) is 6.78. The Morgan fingerprint density at radius 3 is 2.39 bits per heavy atom. The van der Waals surface area contributed by atoms with Gasteiger partial charge in [-0.3, -0.25) is 4.79 Å². The van der Waals surface area contributed by atoms with Crippen LogP contribution in [0.25, 0.3) is 0 Å². The average Bonchev–Trinajstić information content (AvgIpc) is 2.91. The second-order valence-corrected chi connectivity index (χ2v) is 5.15. The molecule has 0 radical (unpaired) electrons. The summed E-state index contributed by atoms with van der Waals surface area (Å²) in [7, 11) is 0. The summed E-state index contributed by atoms with van der Waals surface area (Å²) in [6.45, 7) is -0.495. The van der Waals surface area contributed by atoms with Crippen molar-refractivity contribution < 1.29 is 26.7 Å². The van der Waals surface area contributed by atoms with E-state index in [1.165, 1.54) is 6.07 Å². The molecule has 3 nitrogen and oxygen atoms in total. The Morgan fingerprint density at radius 2 is 1.83 bits per heavy atom. The van der Waals surface area contributed by atoms with Crippen LogP contribution in [0.5, 0.6) is 0 Å². The second-order valence-electron chi connectivity index (χ2n) is 5.15. The number of hydrogen-bond donors (Lipinski definition) is 2. The summed E-state index contributed by atoms with van der Waals surface area (Å²) in [6.07, 6.45) is -4.58. The monoisotopic (exact) mass is 358 g/mol. The van der Waals surface area contributed by atoms with Crippen molar-refractivity contribution in [2.45, 2.75) is 12.6 Å². The van der Waals surface area contributed by atoms with Gasteiger partial charge < -0.3 is 10.6 Å². The van der Waals surface area contributed by atoms with Crippen molar-refractivity contribution in [3.63, 3.8) is 0 Å². The highest BCUT2D eigenvalue weighted by atomic mass is 35.5. The molecule has 0 aromatic heterocycles. The van der Waals surface area contributed by atoms with Gasteiger partial charge in [0.2, 0.25) is 5.91 Å². The molecule has 1 aromatic carbocycles. The third-order valence-corrected chi connectivity index (χ3v) is 3.71. The second kappa shape index (κ2) is 7.92. The Hall–Kier alpha value is -1.41. The molecule has 0 unspecified atom stereocenters. The van der Waals surface area contributed by atoms with Gasteiger partial charge in [-0.1, -0.05) is 6.07 Å². The largest absolute Gasteiger partial charge is 0.393 e. The van der Waals surface area contributed by atoms with Crippen LogP contribution in [0.15, 0.2) is 18.2 Å². The molecule has 23 heavy (non-hydrogen) atoms. The SMILES string of the molecule is Cl.O=C(NCCc1c(F)cccc1F)[C@@H]1CNC[C@H]1C(F)(F)F. The molecule has 9 heteroatoms. The molecule has 130 valence electrons. The van der Waals surface area contributed by atoms with Crippen LogP contribution < -0.4 is 10.6 Å². The standard InChI is InChI=1S/C14H15F5N2O.ClH/c15-11-2-1-3-12(16)8(11)4-5-21-13(22)9-6-20-7-10(9)14(17,18)19;/h1-3,9-10,20H,4-7H2,(H,21,22);1H/t9-,10-;/m1./s1. The lowest BCUT2D eigenvalue weighted by atomic mass is 9.94. The quantitative estimate of drug-likeness (QED) is 0.812. The molecule has 1 aliphatic heterocycles. The minimum absolute atomic E-state index is 0. The fourth-order valence-corrected chi connectivity index (χ4v) is 2.51. The van der Waals surface area contributed by atoms with Gasteiger partial charge in [0.1, 0.15) is 11.6 Å². The minimum Gasteiger partial charge on any atom is -0.355 e. The van der Waals surface area contributed by atoms with E-state index < -0.39 is 35.6 Å². The average molecular weight is 359 g/mol. The number of benzene rings is 1. The summed E-state index contributed by atoms with van der Waals surface area (Å²) in [5.74, 6) is -5.21. The number of amides is 1. The van der Waals surface area contributed by atoms with Crippen molar-refractivity contribution in [3.8, 4) is 0 Å². The molecule has 0 bridgehead atoms. The number of hydrogen-bond acceptors (Lipinski definition) is 2. The molecule has 1 saturated heterocycles. The Balaban J connectivity index is 0.00000264. The van der Waals surface area contributed by atoms with E-state index in [2.05, 4.69) is 10.6 Å². The molecular weight excluding hydrogens is 343 g/mol. The molecule has 0 aliphatic carbocycles. The highest BCUT2D eigenvalue weighted by Crippen LogP contribution is 2.34. The zero-order chi connectivity index (χ0) is 16.3. The van der Waals surface area contributed by atoms with E-state index in [1.807, 2.05) is 0 Å². The van der Waals surface area contributed by atoms with Gasteiger partial charge in [-0.05, 0) is 18.6 Å². The summed E-state index contributed by atoms with van der Waals surface area (Å²) >= 11 is 0. The molecule has 0 spiro atoms. The van der Waals surface area contributed by atoms with Gasteiger partial charge >= 0.3 is 6.18 Å². The number of alkyl halides is 3. The number of nitrogens with one attached hydrogen (secondary N) is 2. The lowest BCUT2D eigenvalue weighted by molar-refractivity contribution is -0.182. The fourth-order valence-electron chi connectivity index (χ4n) is 2.51. The summed E-state index contributed by atoms with van der Waals surface area (Å²) < 4.78 is 65.0. The van der Waals surface area contributed by atoms with Crippen molar-refractivity contribution in [1.29, 1.82) is 0 Å². The highest BCUT2D eigenvalue weighted by molar-refractivity contribution is 5.85. The van der Waals surface area contributed by atoms with Crippen molar-refractivity contribution in [1.82, 2.24) is 10.6 Å². The van der Waals surface area contributed by atoms with E-state index >= 15 is 0 Å². The predicted octanol–water partition coefficient (Wildman–Crippen LogP) is 2.44. The maximum absolute atomic E-state index is 13.4. The predicted molar refractivity (Wildman–Crippen MR) is 76.2 cm³/mol. The van der Waals surface area contributed by atoms with E-state index in [1.54, 1.807) is 0 Å². The number of rotatable bonds is 4. The lowest BCUT2D eigenvalue weighted by Gasteiger charge is -2.20. The molecule has 1 amide bonds. The van der Waals surface area contributed by atoms with Gasteiger partial charge in [0.05, 0.1) is 11.8 Å². The molecule has 1 aromatic rings. The maximum atomic E-state index is 13.4. The van der Waals surface area contributed by atoms with E-state index in [9.17, 15) is 26.7 Å². The van der Waals surface area contributed by atoms with Gasteiger partial charge in [-0.25, -0.2) is 8.78 Å². The molecule has 2 rings (SSSR count). The maximum Gasteiger partial charge on any atom is 0.393 e. The van der Waals surface area contributed by atoms with Crippen molar-refractivity contribution >= 4 is 18.3 Å². The van der Waals surface area contributed by atoms with E-state index in [0.29, 0.717) is 0 Å². The summed E-state index contributed by atoms with van der Waals surface area (Å²) in [6, 6.07) is 3.38. The van der Waals surface area contributed by atoms with Crippen molar-refractivity contribution in [2.75, 3.05) is 19.6 Å². The van der Waals surface area contributed by atoms with Gasteiger partial charge in [0.15, 0.2) is 0 Å². The summed E-state index contributed by atoms with van der Waals surface area (Å²) in [5.41, 5.74) is -0.195. The van der Waals surface area contributed by atoms with Crippen LogP contribution in [-0.2, 0) is 11.2 Å². The third kappa shape index (κ3) is 4.78. The fraction of sp³-hybridized carbons (Fsp3) is 0.500.